The zero-order valence-electron chi connectivity index (χ0n) is 8.34. The summed E-state index contributed by atoms with van der Waals surface area (Å²) < 4.78 is 42.6. The maximum absolute atomic E-state index is 13.2. The van der Waals surface area contributed by atoms with Gasteiger partial charge in [-0.05, 0) is 0 Å². The molecule has 0 fully saturated rings. The number of nitrogens with two attached hydrogens (primary N) is 1. The first-order valence-electron chi connectivity index (χ1n) is 4.26. The zero-order valence-corrected chi connectivity index (χ0v) is 8.34. The fourth-order valence-corrected chi connectivity index (χ4v) is 1.24. The minimum atomic E-state index is -3.00. The number of esters is 1. The van der Waals surface area contributed by atoms with E-state index in [1.807, 2.05) is 0 Å². The van der Waals surface area contributed by atoms with Crippen LogP contribution in [0.3, 0.4) is 0 Å². The summed E-state index contributed by atoms with van der Waals surface area (Å²) in [6, 6.07) is 0. The molecule has 16 heavy (non-hydrogen) atoms. The minimum Gasteiger partial charge on any atom is -0.465 e. The Morgan fingerprint density at radius 1 is 1.62 bits per heavy atom. The number of alkyl halides is 2. The average molecular weight is 234 g/mol. The van der Waals surface area contributed by atoms with Gasteiger partial charge in [0.1, 0.15) is 11.5 Å². The van der Waals surface area contributed by atoms with E-state index < -0.39 is 36.0 Å². The molecule has 0 amide bonds. The van der Waals surface area contributed by atoms with Crippen LogP contribution in [-0.2, 0) is 11.3 Å². The Kier molecular flexibility index (Phi) is 3.83. The number of carbonyl (C=O) groups excluding carboxylic acids is 1. The highest BCUT2D eigenvalue weighted by atomic mass is 19.3. The Bertz CT molecular complexity index is 410. The molecule has 4 nitrogen and oxygen atoms in total. The number of hydrogen-bond donors (Lipinski definition) is 1. The third-order valence-electron chi connectivity index (χ3n) is 1.96. The predicted octanol–water partition coefficient (Wildman–Crippen LogP) is 1.40. The average Bonchev–Trinajstić information content (AvgIpc) is 2.27. The normalized spacial score (nSPS) is 10.6. The molecule has 0 saturated carbocycles. The lowest BCUT2D eigenvalue weighted by Gasteiger charge is -2.11. The van der Waals surface area contributed by atoms with Crippen LogP contribution in [0.25, 0.3) is 0 Å². The van der Waals surface area contributed by atoms with Crippen molar-refractivity contribution in [1.29, 1.82) is 0 Å². The molecule has 0 aliphatic carbocycles. The molecule has 1 rings (SSSR count). The first kappa shape index (κ1) is 12.4. The second-order valence-corrected chi connectivity index (χ2v) is 2.84. The highest BCUT2D eigenvalue weighted by molar-refractivity contribution is 5.92. The monoisotopic (exact) mass is 234 g/mol. The summed E-state index contributed by atoms with van der Waals surface area (Å²) >= 11 is 0. The fourth-order valence-electron chi connectivity index (χ4n) is 1.24. The lowest BCUT2D eigenvalue weighted by molar-refractivity contribution is 0.0584. The summed E-state index contributed by atoms with van der Waals surface area (Å²) in [4.78, 5) is 14.4. The Morgan fingerprint density at radius 2 is 2.25 bits per heavy atom. The number of rotatable bonds is 3. The van der Waals surface area contributed by atoms with Gasteiger partial charge in [0, 0.05) is 12.1 Å². The molecule has 1 aromatic heterocycles. The van der Waals surface area contributed by atoms with Gasteiger partial charge in [0.05, 0.1) is 18.9 Å². The predicted molar refractivity (Wildman–Crippen MR) is 48.4 cm³/mol. The van der Waals surface area contributed by atoms with Crippen molar-refractivity contribution >= 4 is 5.97 Å². The maximum atomic E-state index is 13.2. The Morgan fingerprint density at radius 3 is 2.69 bits per heavy atom. The number of nitrogens with zero attached hydrogens (tertiary/aromatic N) is 1. The Balaban J connectivity index is 3.47. The molecule has 0 aliphatic heterocycles. The van der Waals surface area contributed by atoms with E-state index in [0.29, 0.717) is 6.20 Å². The van der Waals surface area contributed by atoms with Crippen LogP contribution in [0.1, 0.15) is 28.0 Å². The van der Waals surface area contributed by atoms with Crippen molar-refractivity contribution in [1.82, 2.24) is 4.98 Å². The molecule has 0 unspecified atom stereocenters. The summed E-state index contributed by atoms with van der Waals surface area (Å²) in [5.41, 5.74) is 3.45. The van der Waals surface area contributed by atoms with E-state index in [1.165, 1.54) is 0 Å². The molecule has 0 aromatic carbocycles. The molecule has 0 aliphatic rings. The van der Waals surface area contributed by atoms with E-state index in [1.54, 1.807) is 0 Å². The number of pyridine rings is 1. The first-order valence-corrected chi connectivity index (χ1v) is 4.26. The highest BCUT2D eigenvalue weighted by Crippen LogP contribution is 2.25. The molecular weight excluding hydrogens is 225 g/mol. The van der Waals surface area contributed by atoms with Crippen molar-refractivity contribution in [3.05, 3.63) is 28.8 Å². The molecule has 2 N–H and O–H groups in total. The summed E-state index contributed by atoms with van der Waals surface area (Å²) in [7, 11) is 1.00. The molecule has 0 bridgehead atoms. The quantitative estimate of drug-likeness (QED) is 0.803. The Hall–Kier alpha value is -1.63. The lowest BCUT2D eigenvalue weighted by Crippen LogP contribution is -2.16. The zero-order chi connectivity index (χ0) is 12.3. The van der Waals surface area contributed by atoms with Crippen molar-refractivity contribution in [2.75, 3.05) is 7.11 Å². The molecule has 1 aromatic rings. The van der Waals surface area contributed by atoms with E-state index in [0.717, 1.165) is 7.11 Å². The van der Waals surface area contributed by atoms with E-state index in [4.69, 9.17) is 5.73 Å². The first-order chi connectivity index (χ1) is 7.52. The van der Waals surface area contributed by atoms with Crippen LogP contribution in [-0.4, -0.2) is 18.1 Å². The second kappa shape index (κ2) is 4.93. The van der Waals surface area contributed by atoms with Crippen LogP contribution in [0.2, 0.25) is 0 Å². The van der Waals surface area contributed by atoms with Gasteiger partial charge in [-0.2, -0.15) is 0 Å². The van der Waals surface area contributed by atoms with Crippen LogP contribution < -0.4 is 5.73 Å². The number of carbonyl (C=O) groups is 1. The minimum absolute atomic E-state index is 0.322. The van der Waals surface area contributed by atoms with Crippen LogP contribution in [0, 0.1) is 5.82 Å². The van der Waals surface area contributed by atoms with Crippen molar-refractivity contribution in [2.24, 2.45) is 5.73 Å². The van der Waals surface area contributed by atoms with Crippen molar-refractivity contribution < 1.29 is 22.7 Å². The van der Waals surface area contributed by atoms with Gasteiger partial charge in [-0.1, -0.05) is 0 Å². The number of aromatic nitrogens is 1. The van der Waals surface area contributed by atoms with Crippen molar-refractivity contribution in [3.63, 3.8) is 0 Å². The van der Waals surface area contributed by atoms with E-state index in [9.17, 15) is 18.0 Å². The summed E-state index contributed by atoms with van der Waals surface area (Å²) in [6.07, 6.45) is -2.39. The van der Waals surface area contributed by atoms with Crippen LogP contribution >= 0.6 is 0 Å². The van der Waals surface area contributed by atoms with Gasteiger partial charge in [0.2, 0.25) is 0 Å². The van der Waals surface area contributed by atoms with Crippen molar-refractivity contribution in [3.8, 4) is 0 Å². The molecule has 88 valence electrons. The Labute approximate surface area is 89.2 Å². The van der Waals surface area contributed by atoms with Gasteiger partial charge >= 0.3 is 5.97 Å². The summed E-state index contributed by atoms with van der Waals surface area (Å²) in [5, 5.41) is 0. The molecule has 0 saturated heterocycles. The molecular formula is C9H9F3N2O2. The largest absolute Gasteiger partial charge is 0.465 e. The molecule has 0 radical (unpaired) electrons. The standard InChI is InChI=1S/C9H9F3N2O2/c1-16-9(15)6-4(2-13)5(10)3-14-7(6)8(11)12/h3,8H,2,13H2,1H3. The maximum Gasteiger partial charge on any atom is 0.340 e. The molecule has 0 spiro atoms. The number of methoxy groups -OCH3 is 1. The van der Waals surface area contributed by atoms with E-state index in [-0.39, 0.29) is 5.56 Å². The summed E-state index contributed by atoms with van der Waals surface area (Å²) in [5.74, 6) is -1.99. The highest BCUT2D eigenvalue weighted by Gasteiger charge is 2.26. The van der Waals surface area contributed by atoms with E-state index >= 15 is 0 Å². The van der Waals surface area contributed by atoms with Gasteiger partial charge in [0.15, 0.2) is 0 Å². The number of hydrogen-bond acceptors (Lipinski definition) is 4. The van der Waals surface area contributed by atoms with E-state index in [2.05, 4.69) is 9.72 Å². The van der Waals surface area contributed by atoms with Crippen LogP contribution in [0.4, 0.5) is 13.2 Å². The smallest absolute Gasteiger partial charge is 0.340 e. The molecule has 0 atom stereocenters. The molecule has 7 heteroatoms. The van der Waals surface area contributed by atoms with Gasteiger partial charge in [-0.25, -0.2) is 18.0 Å². The molecule has 1 heterocycles. The topological polar surface area (TPSA) is 65.2 Å². The van der Waals surface area contributed by atoms with Gasteiger partial charge < -0.3 is 10.5 Å². The van der Waals surface area contributed by atoms with Crippen molar-refractivity contribution in [2.45, 2.75) is 13.0 Å². The number of halogens is 3. The third-order valence-corrected chi connectivity index (χ3v) is 1.96. The van der Waals surface area contributed by atoms with Gasteiger partial charge in [-0.3, -0.25) is 4.98 Å². The second-order valence-electron chi connectivity index (χ2n) is 2.84. The fraction of sp³-hybridized carbons (Fsp3) is 0.333. The van der Waals surface area contributed by atoms with Crippen LogP contribution in [0.15, 0.2) is 6.20 Å². The SMILES string of the molecule is COC(=O)c1c(C(F)F)ncc(F)c1CN. The summed E-state index contributed by atoms with van der Waals surface area (Å²) in [6.45, 7) is -0.390. The van der Waals surface area contributed by atoms with Gasteiger partial charge in [0.25, 0.3) is 6.43 Å². The lowest BCUT2D eigenvalue weighted by atomic mass is 10.1. The van der Waals surface area contributed by atoms with Gasteiger partial charge in [-0.15, -0.1) is 0 Å². The van der Waals surface area contributed by atoms with Crippen LogP contribution in [0.5, 0.6) is 0 Å². The third kappa shape index (κ3) is 2.13. The number of ether oxygens (including phenoxy) is 1.